The normalized spacial score (nSPS) is 54.2. The molecule has 4 rings (SSSR count). The van der Waals surface area contributed by atoms with E-state index in [1.165, 1.54) is 0 Å². The highest BCUT2D eigenvalue weighted by atomic mass is 16.3. The van der Waals surface area contributed by atoms with Gasteiger partial charge in [0, 0.05) is 12.5 Å². The largest absolute Gasteiger partial charge is 0.396 e. The minimum Gasteiger partial charge on any atom is -0.396 e. The van der Waals surface area contributed by atoms with Gasteiger partial charge in [0.25, 0.3) is 0 Å². The van der Waals surface area contributed by atoms with Crippen LogP contribution in [-0.4, -0.2) is 56.6 Å². The van der Waals surface area contributed by atoms with Gasteiger partial charge >= 0.3 is 0 Å². The van der Waals surface area contributed by atoms with Gasteiger partial charge in [0.1, 0.15) is 0 Å². The van der Waals surface area contributed by atoms with Gasteiger partial charge in [0.05, 0.1) is 24.4 Å². The van der Waals surface area contributed by atoms with Gasteiger partial charge in [0.15, 0.2) is 0 Å². The lowest BCUT2D eigenvalue weighted by molar-refractivity contribution is -0.217. The van der Waals surface area contributed by atoms with Gasteiger partial charge in [-0.15, -0.1) is 0 Å². The molecule has 5 heteroatoms. The van der Waals surface area contributed by atoms with Gasteiger partial charge in [0.2, 0.25) is 0 Å². The molecule has 31 heavy (non-hydrogen) atoms. The molecule has 0 aliphatic heterocycles. The SMILES string of the molecule is C[C@H](/C=C/[C@@H](C)[C@H]1C[C@@H](O)[C@H]2[C@@H]3C[C@H](O)[C@H]4[C@@H](O)[C@@H](O)CC[C@]4(C)[C@H]3CC[C@@]21C)CO. The third-order valence-electron chi connectivity index (χ3n) is 10.4. The van der Waals surface area contributed by atoms with Crippen molar-refractivity contribution in [2.24, 2.45) is 52.3 Å². The Labute approximate surface area is 187 Å². The maximum atomic E-state index is 11.3. The Morgan fingerprint density at radius 2 is 1.48 bits per heavy atom. The molecule has 5 nitrogen and oxygen atoms in total. The van der Waals surface area contributed by atoms with Crippen molar-refractivity contribution < 1.29 is 25.5 Å². The van der Waals surface area contributed by atoms with Gasteiger partial charge in [-0.2, -0.15) is 0 Å². The lowest BCUT2D eigenvalue weighted by Gasteiger charge is -2.63. The van der Waals surface area contributed by atoms with Crippen LogP contribution in [0.1, 0.15) is 66.2 Å². The number of rotatable bonds is 4. The Hall–Kier alpha value is -0.460. The van der Waals surface area contributed by atoms with E-state index in [-0.39, 0.29) is 47.2 Å². The summed E-state index contributed by atoms with van der Waals surface area (Å²) in [5, 5.41) is 52.8. The quantitative estimate of drug-likeness (QED) is 0.436. The molecule has 0 unspecified atom stereocenters. The lowest BCUT2D eigenvalue weighted by Crippen LogP contribution is -2.63. The fourth-order valence-electron chi connectivity index (χ4n) is 8.88. The third kappa shape index (κ3) is 3.63. The van der Waals surface area contributed by atoms with Gasteiger partial charge in [-0.1, -0.05) is 39.8 Å². The lowest BCUT2D eigenvalue weighted by atomic mass is 9.43. The number of hydrogen-bond acceptors (Lipinski definition) is 5. The summed E-state index contributed by atoms with van der Waals surface area (Å²) in [7, 11) is 0. The molecule has 4 aliphatic carbocycles. The van der Waals surface area contributed by atoms with Gasteiger partial charge in [-0.25, -0.2) is 0 Å². The molecule has 0 bridgehead atoms. The Bertz CT molecular complexity index is 681. The van der Waals surface area contributed by atoms with Gasteiger partial charge in [-0.05, 0) is 84.9 Å². The molecular weight excluding hydrogens is 392 g/mol. The van der Waals surface area contributed by atoms with E-state index in [1.807, 2.05) is 6.92 Å². The predicted molar refractivity (Wildman–Crippen MR) is 120 cm³/mol. The Kier molecular flexibility index (Phi) is 6.41. The zero-order valence-electron chi connectivity index (χ0n) is 19.7. The van der Waals surface area contributed by atoms with E-state index >= 15 is 0 Å². The first-order chi connectivity index (χ1) is 14.5. The summed E-state index contributed by atoms with van der Waals surface area (Å²) in [4.78, 5) is 0. The maximum absolute atomic E-state index is 11.3. The standard InChI is InChI=1S/C26H44O5/c1-14(13-27)5-6-15(2)18-12-21(30)22-16-11-20(29)23-24(31)19(28)8-10-25(23,3)17(16)7-9-26(18,22)4/h5-6,14-24,27-31H,7-13H2,1-4H3/b6-5+/t14-,15-,16-,17+,18-,19+,20+,21-,22-,23+,24+,25-,26-/m1/s1. The van der Waals surface area contributed by atoms with Gasteiger partial charge in [-0.3, -0.25) is 0 Å². The number of fused-ring (bicyclic) bond motifs is 5. The van der Waals surface area contributed by atoms with Crippen LogP contribution < -0.4 is 0 Å². The van der Waals surface area contributed by atoms with Crippen LogP contribution in [0.2, 0.25) is 0 Å². The molecule has 4 aliphatic rings. The maximum Gasteiger partial charge on any atom is 0.0857 e. The first kappa shape index (κ1) is 23.7. The monoisotopic (exact) mass is 436 g/mol. The molecule has 0 aromatic carbocycles. The first-order valence-corrected chi connectivity index (χ1v) is 12.6. The van der Waals surface area contributed by atoms with Crippen molar-refractivity contribution in [3.8, 4) is 0 Å². The molecule has 178 valence electrons. The second-order valence-electron chi connectivity index (χ2n) is 12.1. The summed E-state index contributed by atoms with van der Waals surface area (Å²) in [6.45, 7) is 8.98. The molecule has 5 N–H and O–H groups in total. The first-order valence-electron chi connectivity index (χ1n) is 12.6. The van der Waals surface area contributed by atoms with E-state index in [0.717, 1.165) is 25.7 Å². The van der Waals surface area contributed by atoms with Crippen LogP contribution in [0.5, 0.6) is 0 Å². The van der Waals surface area contributed by atoms with Crippen LogP contribution in [0.25, 0.3) is 0 Å². The minimum absolute atomic E-state index is 0.0303. The van der Waals surface area contributed by atoms with E-state index in [9.17, 15) is 25.5 Å². The van der Waals surface area contributed by atoms with Crippen molar-refractivity contribution in [2.45, 2.75) is 90.6 Å². The van der Waals surface area contributed by atoms with Crippen LogP contribution in [-0.2, 0) is 0 Å². The molecule has 0 aromatic heterocycles. The summed E-state index contributed by atoms with van der Waals surface area (Å²) in [6, 6.07) is 0. The van der Waals surface area contributed by atoms with E-state index < -0.39 is 18.3 Å². The number of allylic oxidation sites excluding steroid dienone is 1. The van der Waals surface area contributed by atoms with Crippen LogP contribution in [0, 0.1) is 52.3 Å². The number of hydrogen-bond donors (Lipinski definition) is 5. The molecule has 4 saturated carbocycles. The van der Waals surface area contributed by atoms with Crippen LogP contribution in [0.4, 0.5) is 0 Å². The van der Waals surface area contributed by atoms with Crippen molar-refractivity contribution in [3.05, 3.63) is 12.2 Å². The average molecular weight is 437 g/mol. The molecule has 13 atom stereocenters. The fourth-order valence-corrected chi connectivity index (χ4v) is 8.88. The minimum atomic E-state index is -0.858. The second-order valence-corrected chi connectivity index (χ2v) is 12.1. The van der Waals surface area contributed by atoms with Crippen molar-refractivity contribution in [1.29, 1.82) is 0 Å². The predicted octanol–water partition coefficient (Wildman–Crippen LogP) is 2.74. The fraction of sp³-hybridized carbons (Fsp3) is 0.923. The smallest absolute Gasteiger partial charge is 0.0857 e. The average Bonchev–Trinajstić information content (AvgIpc) is 3.00. The number of aliphatic hydroxyl groups is 5. The van der Waals surface area contributed by atoms with E-state index in [2.05, 4.69) is 32.9 Å². The molecule has 0 radical (unpaired) electrons. The molecule has 0 spiro atoms. The highest BCUT2D eigenvalue weighted by Gasteiger charge is 2.65. The van der Waals surface area contributed by atoms with Crippen molar-refractivity contribution >= 4 is 0 Å². The van der Waals surface area contributed by atoms with Crippen LogP contribution >= 0.6 is 0 Å². The number of aliphatic hydroxyl groups excluding tert-OH is 5. The Morgan fingerprint density at radius 1 is 0.839 bits per heavy atom. The molecule has 4 fully saturated rings. The zero-order valence-corrected chi connectivity index (χ0v) is 19.7. The Balaban J connectivity index is 1.61. The topological polar surface area (TPSA) is 101 Å². The molecule has 0 saturated heterocycles. The summed E-state index contributed by atoms with van der Waals surface area (Å²) in [5.74, 6) is 1.37. The van der Waals surface area contributed by atoms with Crippen LogP contribution in [0.3, 0.4) is 0 Å². The summed E-state index contributed by atoms with van der Waals surface area (Å²) in [6.07, 6.45) is 6.68. The van der Waals surface area contributed by atoms with E-state index in [0.29, 0.717) is 30.6 Å². The van der Waals surface area contributed by atoms with E-state index in [4.69, 9.17) is 0 Å². The highest BCUT2D eigenvalue weighted by Crippen LogP contribution is 2.68. The molecule has 0 aromatic rings. The second kappa shape index (κ2) is 8.39. The zero-order chi connectivity index (χ0) is 22.7. The van der Waals surface area contributed by atoms with Crippen molar-refractivity contribution in [2.75, 3.05) is 6.61 Å². The van der Waals surface area contributed by atoms with E-state index in [1.54, 1.807) is 0 Å². The Morgan fingerprint density at radius 3 is 2.16 bits per heavy atom. The summed E-state index contributed by atoms with van der Waals surface area (Å²) in [5.41, 5.74) is -0.162. The summed E-state index contributed by atoms with van der Waals surface area (Å²) < 4.78 is 0. The third-order valence-corrected chi connectivity index (χ3v) is 10.4. The van der Waals surface area contributed by atoms with Crippen molar-refractivity contribution in [1.82, 2.24) is 0 Å². The van der Waals surface area contributed by atoms with Crippen molar-refractivity contribution in [3.63, 3.8) is 0 Å². The molecular formula is C26H44O5. The van der Waals surface area contributed by atoms with Gasteiger partial charge < -0.3 is 25.5 Å². The highest BCUT2D eigenvalue weighted by molar-refractivity contribution is 5.15. The van der Waals surface area contributed by atoms with Crippen LogP contribution in [0.15, 0.2) is 12.2 Å². The molecule has 0 heterocycles. The summed E-state index contributed by atoms with van der Waals surface area (Å²) >= 11 is 0. The molecule has 0 amide bonds.